The van der Waals surface area contributed by atoms with Crippen LogP contribution in [0.1, 0.15) is 23.5 Å². The lowest BCUT2D eigenvalue weighted by Crippen LogP contribution is -2.15. The van der Waals surface area contributed by atoms with Gasteiger partial charge in [0.2, 0.25) is 0 Å². The van der Waals surface area contributed by atoms with E-state index >= 15 is 0 Å². The molecule has 0 saturated heterocycles. The number of benzene rings is 1. The van der Waals surface area contributed by atoms with Crippen molar-refractivity contribution in [2.24, 2.45) is 13.0 Å². The lowest BCUT2D eigenvalue weighted by atomic mass is 10.1. The molecule has 1 heterocycles. The van der Waals surface area contributed by atoms with Crippen LogP contribution in [0.3, 0.4) is 0 Å². The highest BCUT2D eigenvalue weighted by molar-refractivity contribution is 5.86. The molecule has 1 aliphatic carbocycles. The summed E-state index contributed by atoms with van der Waals surface area (Å²) in [4.78, 5) is 2.26. The Labute approximate surface area is 114 Å². The first-order chi connectivity index (χ1) is 9.10. The minimum Gasteiger partial charge on any atom is -0.350 e. The van der Waals surface area contributed by atoms with E-state index in [-0.39, 0.29) is 0 Å². The quantitative estimate of drug-likeness (QED) is 0.842. The largest absolute Gasteiger partial charge is 0.350 e. The van der Waals surface area contributed by atoms with Gasteiger partial charge in [-0.05, 0) is 56.1 Å². The number of aryl methyl sites for hydroxylation is 1. The molecule has 19 heavy (non-hydrogen) atoms. The molecule has 2 aromatic rings. The third kappa shape index (κ3) is 2.13. The molecule has 3 nitrogen and oxygen atoms in total. The monoisotopic (exact) mass is 253 g/mol. The second-order valence-electron chi connectivity index (χ2n) is 5.90. The molecule has 0 spiro atoms. The van der Waals surface area contributed by atoms with Crippen LogP contribution in [-0.2, 0) is 7.05 Å². The molecule has 0 N–H and O–H groups in total. The summed E-state index contributed by atoms with van der Waals surface area (Å²) in [5.41, 5.74) is 3.40. The van der Waals surface area contributed by atoms with Gasteiger partial charge in [-0.15, -0.1) is 0 Å². The number of aromatic nitrogens is 1. The van der Waals surface area contributed by atoms with Crippen molar-refractivity contribution in [3.8, 4) is 6.07 Å². The number of nitrogens with zero attached hydrogens (tertiary/aromatic N) is 3. The summed E-state index contributed by atoms with van der Waals surface area (Å²) in [5, 5.41) is 10.3. The molecular formula is C16H19N3. The Bertz CT molecular complexity index is 660. The van der Waals surface area contributed by atoms with Crippen molar-refractivity contribution in [3.05, 3.63) is 35.5 Å². The Balaban J connectivity index is 1.99. The summed E-state index contributed by atoms with van der Waals surface area (Å²) in [7, 11) is 6.35. The first kappa shape index (κ1) is 12.3. The van der Waals surface area contributed by atoms with Crippen molar-refractivity contribution in [2.45, 2.75) is 12.3 Å². The van der Waals surface area contributed by atoms with E-state index in [2.05, 4.69) is 48.9 Å². The molecule has 3 rings (SSSR count). The lowest BCUT2D eigenvalue weighted by molar-refractivity contribution is 0.385. The molecule has 0 radical (unpaired) electrons. The van der Waals surface area contributed by atoms with Crippen molar-refractivity contribution in [3.63, 3.8) is 0 Å². The summed E-state index contributed by atoms with van der Waals surface area (Å²) in [6.07, 6.45) is 3.51. The maximum Gasteiger partial charge on any atom is 0.0991 e. The van der Waals surface area contributed by atoms with Gasteiger partial charge in [0, 0.05) is 30.7 Å². The highest BCUT2D eigenvalue weighted by Crippen LogP contribution is 2.50. The predicted molar refractivity (Wildman–Crippen MR) is 77.0 cm³/mol. The first-order valence-electron chi connectivity index (χ1n) is 6.74. The Morgan fingerprint density at radius 2 is 2.21 bits per heavy atom. The zero-order valence-corrected chi connectivity index (χ0v) is 11.7. The van der Waals surface area contributed by atoms with E-state index < -0.39 is 0 Å². The van der Waals surface area contributed by atoms with E-state index in [9.17, 15) is 0 Å². The molecule has 0 amide bonds. The molecule has 1 saturated carbocycles. The fourth-order valence-corrected chi connectivity index (χ4v) is 3.09. The highest BCUT2D eigenvalue weighted by Gasteiger charge is 2.39. The summed E-state index contributed by atoms with van der Waals surface area (Å²) < 4.78 is 2.18. The van der Waals surface area contributed by atoms with Crippen LogP contribution in [0.15, 0.2) is 24.4 Å². The Kier molecular flexibility index (Phi) is 2.83. The molecule has 2 atom stereocenters. The van der Waals surface area contributed by atoms with Gasteiger partial charge in [0.25, 0.3) is 0 Å². The summed E-state index contributed by atoms with van der Waals surface area (Å²) in [6, 6.07) is 8.23. The fraction of sp³-hybridized carbons (Fsp3) is 0.438. The van der Waals surface area contributed by atoms with E-state index in [0.29, 0.717) is 5.92 Å². The Morgan fingerprint density at radius 1 is 1.42 bits per heavy atom. The van der Waals surface area contributed by atoms with Crippen molar-refractivity contribution in [1.29, 1.82) is 5.26 Å². The second-order valence-corrected chi connectivity index (χ2v) is 5.90. The number of fused-ring (bicyclic) bond motifs is 1. The summed E-state index contributed by atoms with van der Waals surface area (Å²) >= 11 is 0. The molecular weight excluding hydrogens is 234 g/mol. The van der Waals surface area contributed by atoms with Crippen molar-refractivity contribution >= 4 is 10.9 Å². The number of hydrogen-bond donors (Lipinski definition) is 0. The SMILES string of the molecule is CN(C)C[C@H]1C[C@@H]1c1cn(C)c2ccc(C#N)cc12. The molecule has 0 bridgehead atoms. The molecule has 1 fully saturated rings. The smallest absolute Gasteiger partial charge is 0.0991 e. The van der Waals surface area contributed by atoms with E-state index in [1.165, 1.54) is 22.9 Å². The third-order valence-electron chi connectivity index (χ3n) is 4.07. The topological polar surface area (TPSA) is 32.0 Å². The zero-order chi connectivity index (χ0) is 13.6. The van der Waals surface area contributed by atoms with Crippen LogP contribution < -0.4 is 0 Å². The molecule has 1 aliphatic rings. The summed E-state index contributed by atoms with van der Waals surface area (Å²) in [5.74, 6) is 1.44. The maximum absolute atomic E-state index is 9.06. The number of nitriles is 1. The normalized spacial score (nSPS) is 21.8. The van der Waals surface area contributed by atoms with Gasteiger partial charge in [-0.1, -0.05) is 0 Å². The number of hydrogen-bond acceptors (Lipinski definition) is 2. The van der Waals surface area contributed by atoms with Crippen LogP contribution in [0.5, 0.6) is 0 Å². The van der Waals surface area contributed by atoms with Crippen molar-refractivity contribution in [2.75, 3.05) is 20.6 Å². The first-order valence-corrected chi connectivity index (χ1v) is 6.74. The minimum absolute atomic E-state index is 0.667. The van der Waals surface area contributed by atoms with E-state index in [1.807, 2.05) is 12.1 Å². The van der Waals surface area contributed by atoms with Gasteiger partial charge in [-0.3, -0.25) is 0 Å². The van der Waals surface area contributed by atoms with Crippen molar-refractivity contribution in [1.82, 2.24) is 9.47 Å². The standard InChI is InChI=1S/C16H19N3/c1-18(2)9-12-7-13(12)15-10-19(3)16-5-4-11(8-17)6-14(15)16/h4-6,10,12-13H,7,9H2,1-3H3/t12-,13+/m1/s1. The molecule has 1 aromatic carbocycles. The lowest BCUT2D eigenvalue weighted by Gasteiger charge is -2.08. The molecule has 0 unspecified atom stereocenters. The number of rotatable bonds is 3. The van der Waals surface area contributed by atoms with Crippen LogP contribution in [0.2, 0.25) is 0 Å². The van der Waals surface area contributed by atoms with Gasteiger partial charge in [0.15, 0.2) is 0 Å². The van der Waals surface area contributed by atoms with Crippen LogP contribution in [-0.4, -0.2) is 30.1 Å². The van der Waals surface area contributed by atoms with Crippen LogP contribution in [0, 0.1) is 17.2 Å². The van der Waals surface area contributed by atoms with Crippen LogP contribution in [0.25, 0.3) is 10.9 Å². The highest BCUT2D eigenvalue weighted by atomic mass is 15.1. The van der Waals surface area contributed by atoms with Gasteiger partial charge in [0.05, 0.1) is 11.6 Å². The molecule has 0 aliphatic heterocycles. The predicted octanol–water partition coefficient (Wildman–Crippen LogP) is 2.72. The van der Waals surface area contributed by atoms with Crippen LogP contribution in [0.4, 0.5) is 0 Å². The van der Waals surface area contributed by atoms with Gasteiger partial charge >= 0.3 is 0 Å². The Hall–Kier alpha value is -1.79. The average molecular weight is 253 g/mol. The molecule has 98 valence electrons. The van der Waals surface area contributed by atoms with Gasteiger partial charge in [0.1, 0.15) is 0 Å². The van der Waals surface area contributed by atoms with Gasteiger partial charge in [-0.2, -0.15) is 5.26 Å². The van der Waals surface area contributed by atoms with E-state index in [4.69, 9.17) is 5.26 Å². The van der Waals surface area contributed by atoms with Gasteiger partial charge < -0.3 is 9.47 Å². The molecule has 3 heteroatoms. The van der Waals surface area contributed by atoms with E-state index in [1.54, 1.807) is 0 Å². The average Bonchev–Trinajstić information content (AvgIpc) is 3.05. The van der Waals surface area contributed by atoms with E-state index in [0.717, 1.165) is 18.0 Å². The van der Waals surface area contributed by atoms with Gasteiger partial charge in [-0.25, -0.2) is 0 Å². The fourth-order valence-electron chi connectivity index (χ4n) is 3.09. The second kappa shape index (κ2) is 4.40. The van der Waals surface area contributed by atoms with Crippen LogP contribution >= 0.6 is 0 Å². The summed E-state index contributed by atoms with van der Waals surface area (Å²) in [6.45, 7) is 1.15. The maximum atomic E-state index is 9.06. The van der Waals surface area contributed by atoms with Crippen molar-refractivity contribution < 1.29 is 0 Å². The minimum atomic E-state index is 0.667. The zero-order valence-electron chi connectivity index (χ0n) is 11.7. The Morgan fingerprint density at radius 3 is 2.89 bits per heavy atom. The molecule has 1 aromatic heterocycles. The third-order valence-corrected chi connectivity index (χ3v) is 4.07.